The van der Waals surface area contributed by atoms with Crippen LogP contribution in [0, 0.1) is 11.8 Å². The van der Waals surface area contributed by atoms with Crippen LogP contribution in [0.4, 0.5) is 0 Å². The molecule has 0 saturated carbocycles. The molecule has 4 heteroatoms. The van der Waals surface area contributed by atoms with Crippen molar-refractivity contribution in [2.24, 2.45) is 11.8 Å². The van der Waals surface area contributed by atoms with Gasteiger partial charge in [0.2, 0.25) is 5.91 Å². The molecule has 18 heavy (non-hydrogen) atoms. The minimum Gasteiger partial charge on any atom is -0.378 e. The fourth-order valence-electron chi connectivity index (χ4n) is 3.16. The molecule has 2 rings (SSSR count). The molecular formula is C14H26N2O2. The fourth-order valence-corrected chi connectivity index (χ4v) is 3.16. The molecule has 0 aromatic rings. The van der Waals surface area contributed by atoms with Crippen LogP contribution in [0.2, 0.25) is 0 Å². The summed E-state index contributed by atoms with van der Waals surface area (Å²) in [6.07, 6.45) is 4.67. The Labute approximate surface area is 110 Å². The third-order valence-electron chi connectivity index (χ3n) is 4.46. The van der Waals surface area contributed by atoms with E-state index in [0.717, 1.165) is 26.1 Å². The standard InChI is InChI=1S/C14H26N2O2/c1-3-11-5-4-7-15-13(11)9-16-14(17)12-6-8-18-10(12)2/h10-13,15H,3-9H2,1-2H3,(H,16,17). The van der Waals surface area contributed by atoms with Gasteiger partial charge < -0.3 is 15.4 Å². The lowest BCUT2D eigenvalue weighted by molar-refractivity contribution is -0.126. The Hall–Kier alpha value is -0.610. The molecule has 4 atom stereocenters. The second kappa shape index (κ2) is 6.53. The first-order valence-electron chi connectivity index (χ1n) is 7.35. The SMILES string of the molecule is CCC1CCCNC1CNC(=O)C1CCOC1C. The average Bonchev–Trinajstić information content (AvgIpc) is 2.82. The molecule has 2 aliphatic rings. The molecule has 2 aliphatic heterocycles. The number of nitrogens with one attached hydrogen (secondary N) is 2. The number of amides is 1. The van der Waals surface area contributed by atoms with E-state index in [0.29, 0.717) is 12.0 Å². The molecule has 2 N–H and O–H groups in total. The Morgan fingerprint density at radius 3 is 2.94 bits per heavy atom. The van der Waals surface area contributed by atoms with Crippen molar-refractivity contribution in [3.63, 3.8) is 0 Å². The summed E-state index contributed by atoms with van der Waals surface area (Å²) in [6.45, 7) is 6.80. The van der Waals surface area contributed by atoms with Crippen LogP contribution in [0.15, 0.2) is 0 Å². The van der Waals surface area contributed by atoms with E-state index in [1.807, 2.05) is 6.92 Å². The highest BCUT2D eigenvalue weighted by Crippen LogP contribution is 2.22. The van der Waals surface area contributed by atoms with Gasteiger partial charge in [-0.1, -0.05) is 13.3 Å². The lowest BCUT2D eigenvalue weighted by Crippen LogP contribution is -2.49. The molecule has 2 fully saturated rings. The molecule has 104 valence electrons. The van der Waals surface area contributed by atoms with Crippen LogP contribution in [-0.2, 0) is 9.53 Å². The van der Waals surface area contributed by atoms with Crippen molar-refractivity contribution in [1.29, 1.82) is 0 Å². The van der Waals surface area contributed by atoms with E-state index in [9.17, 15) is 4.79 Å². The van der Waals surface area contributed by atoms with Crippen molar-refractivity contribution in [2.75, 3.05) is 19.7 Å². The first kappa shape index (κ1) is 13.8. The smallest absolute Gasteiger partial charge is 0.225 e. The van der Waals surface area contributed by atoms with Gasteiger partial charge in [0.25, 0.3) is 0 Å². The maximum absolute atomic E-state index is 12.1. The second-order valence-corrected chi connectivity index (χ2v) is 5.59. The minimum absolute atomic E-state index is 0.0497. The first-order chi connectivity index (χ1) is 8.72. The van der Waals surface area contributed by atoms with Crippen LogP contribution in [-0.4, -0.2) is 37.7 Å². The number of ether oxygens (including phenoxy) is 1. The van der Waals surface area contributed by atoms with Crippen LogP contribution in [0.25, 0.3) is 0 Å². The number of hydrogen-bond acceptors (Lipinski definition) is 3. The van der Waals surface area contributed by atoms with Crippen LogP contribution in [0.3, 0.4) is 0 Å². The molecule has 4 nitrogen and oxygen atoms in total. The Morgan fingerprint density at radius 2 is 2.28 bits per heavy atom. The quantitative estimate of drug-likeness (QED) is 0.795. The first-order valence-corrected chi connectivity index (χ1v) is 7.35. The highest BCUT2D eigenvalue weighted by atomic mass is 16.5. The Bertz CT molecular complexity index is 283. The van der Waals surface area contributed by atoms with Crippen molar-refractivity contribution >= 4 is 5.91 Å². The number of carbonyl (C=O) groups is 1. The summed E-state index contributed by atoms with van der Waals surface area (Å²) >= 11 is 0. The van der Waals surface area contributed by atoms with Crippen molar-refractivity contribution in [1.82, 2.24) is 10.6 Å². The average molecular weight is 254 g/mol. The van der Waals surface area contributed by atoms with Gasteiger partial charge in [-0.15, -0.1) is 0 Å². The van der Waals surface area contributed by atoms with Crippen LogP contribution < -0.4 is 10.6 Å². The van der Waals surface area contributed by atoms with Gasteiger partial charge in [-0.25, -0.2) is 0 Å². The van der Waals surface area contributed by atoms with Crippen molar-refractivity contribution in [2.45, 2.75) is 51.7 Å². The summed E-state index contributed by atoms with van der Waals surface area (Å²) < 4.78 is 5.44. The number of carbonyl (C=O) groups excluding carboxylic acids is 1. The van der Waals surface area contributed by atoms with E-state index in [4.69, 9.17) is 4.74 Å². The minimum atomic E-state index is 0.0497. The van der Waals surface area contributed by atoms with Gasteiger partial charge >= 0.3 is 0 Å². The molecule has 0 bridgehead atoms. The summed E-state index contributed by atoms with van der Waals surface area (Å²) in [4.78, 5) is 12.1. The molecule has 2 saturated heterocycles. The van der Waals surface area contributed by atoms with Crippen molar-refractivity contribution in [3.05, 3.63) is 0 Å². The molecule has 0 aromatic carbocycles. The summed E-state index contributed by atoms with van der Waals surface area (Å²) in [5, 5.41) is 6.64. The summed E-state index contributed by atoms with van der Waals surface area (Å²) in [7, 11) is 0. The Balaban J connectivity index is 1.77. The maximum atomic E-state index is 12.1. The fraction of sp³-hybridized carbons (Fsp3) is 0.929. The summed E-state index contributed by atoms with van der Waals surface area (Å²) in [5.74, 6) is 0.923. The lowest BCUT2D eigenvalue weighted by Gasteiger charge is -2.32. The van der Waals surface area contributed by atoms with Crippen molar-refractivity contribution in [3.8, 4) is 0 Å². The summed E-state index contributed by atoms with van der Waals surface area (Å²) in [6, 6.07) is 0.449. The van der Waals surface area contributed by atoms with E-state index in [-0.39, 0.29) is 17.9 Å². The molecule has 0 aromatic heterocycles. The zero-order chi connectivity index (χ0) is 13.0. The largest absolute Gasteiger partial charge is 0.378 e. The van der Waals surface area contributed by atoms with E-state index in [1.54, 1.807) is 0 Å². The third-order valence-corrected chi connectivity index (χ3v) is 4.46. The number of piperidine rings is 1. The molecule has 0 aliphatic carbocycles. The topological polar surface area (TPSA) is 50.4 Å². The molecule has 4 unspecified atom stereocenters. The lowest BCUT2D eigenvalue weighted by atomic mass is 9.88. The van der Waals surface area contributed by atoms with E-state index in [2.05, 4.69) is 17.6 Å². The molecule has 2 heterocycles. The van der Waals surface area contributed by atoms with Crippen LogP contribution in [0.5, 0.6) is 0 Å². The van der Waals surface area contributed by atoms with E-state index >= 15 is 0 Å². The highest BCUT2D eigenvalue weighted by Gasteiger charge is 2.31. The van der Waals surface area contributed by atoms with E-state index in [1.165, 1.54) is 19.3 Å². The monoisotopic (exact) mass is 254 g/mol. The summed E-state index contributed by atoms with van der Waals surface area (Å²) in [5.41, 5.74) is 0. The maximum Gasteiger partial charge on any atom is 0.225 e. The van der Waals surface area contributed by atoms with Gasteiger partial charge in [0.05, 0.1) is 12.0 Å². The highest BCUT2D eigenvalue weighted by molar-refractivity contribution is 5.79. The zero-order valence-corrected chi connectivity index (χ0v) is 11.6. The number of hydrogen-bond donors (Lipinski definition) is 2. The predicted molar refractivity (Wildman–Crippen MR) is 71.3 cm³/mol. The third kappa shape index (κ3) is 3.23. The zero-order valence-electron chi connectivity index (χ0n) is 11.6. The van der Waals surface area contributed by atoms with Gasteiger partial charge in [-0.05, 0) is 38.6 Å². The van der Waals surface area contributed by atoms with Crippen molar-refractivity contribution < 1.29 is 9.53 Å². The van der Waals surface area contributed by atoms with E-state index < -0.39 is 0 Å². The van der Waals surface area contributed by atoms with Gasteiger partial charge in [-0.2, -0.15) is 0 Å². The molecule has 0 spiro atoms. The number of rotatable bonds is 4. The van der Waals surface area contributed by atoms with Gasteiger partial charge in [0, 0.05) is 19.2 Å². The van der Waals surface area contributed by atoms with Gasteiger partial charge in [0.1, 0.15) is 0 Å². The van der Waals surface area contributed by atoms with Gasteiger partial charge in [0.15, 0.2) is 0 Å². The van der Waals surface area contributed by atoms with Crippen LogP contribution in [0.1, 0.15) is 39.5 Å². The normalized spacial score (nSPS) is 36.6. The van der Waals surface area contributed by atoms with Gasteiger partial charge in [-0.3, -0.25) is 4.79 Å². The molecule has 1 amide bonds. The Kier molecular flexibility index (Phi) is 5.01. The molecule has 0 radical (unpaired) electrons. The molecular weight excluding hydrogens is 228 g/mol. The Morgan fingerprint density at radius 1 is 1.44 bits per heavy atom. The van der Waals surface area contributed by atoms with Crippen LogP contribution >= 0.6 is 0 Å². The predicted octanol–water partition coefficient (Wildman–Crippen LogP) is 1.31. The second-order valence-electron chi connectivity index (χ2n) is 5.59.